The van der Waals surface area contributed by atoms with Gasteiger partial charge >= 0.3 is 0 Å². The molecule has 1 N–H and O–H groups in total. The van der Waals surface area contributed by atoms with E-state index < -0.39 is 0 Å². The van der Waals surface area contributed by atoms with Gasteiger partial charge in [-0.25, -0.2) is 0 Å². The molecule has 108 valence electrons. The fourth-order valence-electron chi connectivity index (χ4n) is 3.41. The maximum atomic E-state index is 4.24. The van der Waals surface area contributed by atoms with Crippen LogP contribution in [0.25, 0.3) is 0 Å². The van der Waals surface area contributed by atoms with Gasteiger partial charge in [-0.05, 0) is 45.2 Å². The monoisotopic (exact) mass is 264 g/mol. The van der Waals surface area contributed by atoms with Gasteiger partial charge in [0.2, 0.25) is 0 Å². The Balaban J connectivity index is 1.87. The fraction of sp³-hybridized carbons (Fsp3) is 0.800. The zero-order valence-electron chi connectivity index (χ0n) is 12.8. The van der Waals surface area contributed by atoms with Gasteiger partial charge in [0.05, 0.1) is 6.20 Å². The molecule has 0 aromatic carbocycles. The van der Waals surface area contributed by atoms with Crippen LogP contribution in [-0.2, 0) is 13.6 Å². The molecule has 0 amide bonds. The SMILES string of the molecule is CNC1CCC(C)CC1CN(C)Cc1cnn(C)c1. The largest absolute Gasteiger partial charge is 0.317 e. The van der Waals surface area contributed by atoms with E-state index in [1.165, 1.54) is 31.4 Å². The molecule has 0 spiro atoms. The molecular weight excluding hydrogens is 236 g/mol. The van der Waals surface area contributed by atoms with Crippen LogP contribution in [0.5, 0.6) is 0 Å². The Labute approximate surface area is 117 Å². The van der Waals surface area contributed by atoms with E-state index >= 15 is 0 Å². The topological polar surface area (TPSA) is 33.1 Å². The lowest BCUT2D eigenvalue weighted by atomic mass is 9.78. The number of aromatic nitrogens is 2. The smallest absolute Gasteiger partial charge is 0.0534 e. The molecule has 0 aliphatic heterocycles. The molecule has 1 aliphatic rings. The van der Waals surface area contributed by atoms with Crippen LogP contribution >= 0.6 is 0 Å². The Morgan fingerprint density at radius 3 is 2.89 bits per heavy atom. The average Bonchev–Trinajstić information content (AvgIpc) is 2.75. The highest BCUT2D eigenvalue weighted by atomic mass is 15.2. The predicted molar refractivity (Wildman–Crippen MR) is 78.9 cm³/mol. The second-order valence-corrected chi connectivity index (χ2v) is 6.29. The maximum Gasteiger partial charge on any atom is 0.0534 e. The average molecular weight is 264 g/mol. The molecule has 3 atom stereocenters. The summed E-state index contributed by atoms with van der Waals surface area (Å²) >= 11 is 0. The van der Waals surface area contributed by atoms with Gasteiger partial charge in [-0.15, -0.1) is 0 Å². The van der Waals surface area contributed by atoms with Gasteiger partial charge in [-0.2, -0.15) is 5.10 Å². The van der Waals surface area contributed by atoms with E-state index in [-0.39, 0.29) is 0 Å². The van der Waals surface area contributed by atoms with Crippen LogP contribution in [0, 0.1) is 11.8 Å². The van der Waals surface area contributed by atoms with Crippen molar-refractivity contribution in [2.75, 3.05) is 20.6 Å². The number of nitrogens with one attached hydrogen (secondary N) is 1. The first-order valence-electron chi connectivity index (χ1n) is 7.41. The van der Waals surface area contributed by atoms with Crippen LogP contribution in [0.4, 0.5) is 0 Å². The summed E-state index contributed by atoms with van der Waals surface area (Å²) in [5.74, 6) is 1.65. The highest BCUT2D eigenvalue weighted by Gasteiger charge is 2.28. The van der Waals surface area contributed by atoms with E-state index in [0.717, 1.165) is 18.4 Å². The second kappa shape index (κ2) is 6.53. The van der Waals surface area contributed by atoms with E-state index in [1.807, 2.05) is 17.9 Å². The molecular formula is C15H28N4. The molecule has 1 saturated carbocycles. The van der Waals surface area contributed by atoms with Crippen LogP contribution in [-0.4, -0.2) is 41.4 Å². The molecule has 2 rings (SSSR count). The molecule has 0 bridgehead atoms. The van der Waals surface area contributed by atoms with E-state index in [0.29, 0.717) is 6.04 Å². The minimum atomic E-state index is 0.688. The first-order chi connectivity index (χ1) is 9.08. The Morgan fingerprint density at radius 1 is 1.47 bits per heavy atom. The normalized spacial score (nSPS) is 27.9. The molecule has 3 unspecified atom stereocenters. The van der Waals surface area contributed by atoms with Crippen LogP contribution in [0.15, 0.2) is 12.4 Å². The predicted octanol–water partition coefficient (Wildman–Crippen LogP) is 1.88. The second-order valence-electron chi connectivity index (χ2n) is 6.29. The van der Waals surface area contributed by atoms with Gasteiger partial charge in [0.15, 0.2) is 0 Å². The molecule has 0 radical (unpaired) electrons. The molecule has 1 heterocycles. The lowest BCUT2D eigenvalue weighted by Crippen LogP contribution is -2.43. The Morgan fingerprint density at radius 2 is 2.26 bits per heavy atom. The Hall–Kier alpha value is -0.870. The third-order valence-electron chi connectivity index (χ3n) is 4.37. The molecule has 4 nitrogen and oxygen atoms in total. The summed E-state index contributed by atoms with van der Waals surface area (Å²) in [6.07, 6.45) is 8.12. The van der Waals surface area contributed by atoms with Crippen LogP contribution in [0.2, 0.25) is 0 Å². The van der Waals surface area contributed by atoms with E-state index in [9.17, 15) is 0 Å². The van der Waals surface area contributed by atoms with Gasteiger partial charge in [0.25, 0.3) is 0 Å². The standard InChI is InChI=1S/C15H28N4/c1-12-5-6-15(16-2)14(7-12)11-18(3)9-13-8-17-19(4)10-13/h8,10,12,14-16H,5-7,9,11H2,1-4H3. The van der Waals surface area contributed by atoms with E-state index in [2.05, 4.69) is 42.5 Å². The van der Waals surface area contributed by atoms with Crippen LogP contribution in [0.3, 0.4) is 0 Å². The molecule has 1 aromatic rings. The Bertz CT molecular complexity index is 387. The van der Waals surface area contributed by atoms with Crippen LogP contribution < -0.4 is 5.32 Å². The summed E-state index contributed by atoms with van der Waals surface area (Å²) in [7, 11) is 6.30. The van der Waals surface area contributed by atoms with Crippen molar-refractivity contribution in [1.82, 2.24) is 20.0 Å². The van der Waals surface area contributed by atoms with Crippen molar-refractivity contribution in [3.63, 3.8) is 0 Å². The van der Waals surface area contributed by atoms with Gasteiger partial charge in [-0.3, -0.25) is 4.68 Å². The first-order valence-corrected chi connectivity index (χ1v) is 7.41. The van der Waals surface area contributed by atoms with Gasteiger partial charge in [-0.1, -0.05) is 6.92 Å². The summed E-state index contributed by atoms with van der Waals surface area (Å²) < 4.78 is 1.88. The van der Waals surface area contributed by atoms with Gasteiger partial charge in [0, 0.05) is 37.9 Å². The number of aryl methyl sites for hydroxylation is 1. The lowest BCUT2D eigenvalue weighted by molar-refractivity contribution is 0.162. The summed E-state index contributed by atoms with van der Waals surface area (Å²) in [5.41, 5.74) is 1.30. The number of nitrogens with zero attached hydrogens (tertiary/aromatic N) is 3. The summed E-state index contributed by atoms with van der Waals surface area (Å²) in [5, 5.41) is 7.74. The highest BCUT2D eigenvalue weighted by molar-refractivity contribution is 5.03. The first kappa shape index (κ1) is 14.5. The third-order valence-corrected chi connectivity index (χ3v) is 4.37. The Kier molecular flexibility index (Phi) is 4.99. The molecule has 4 heteroatoms. The summed E-state index contributed by atoms with van der Waals surface area (Å²) in [6, 6.07) is 0.688. The van der Waals surface area contributed by atoms with Gasteiger partial charge < -0.3 is 10.2 Å². The van der Waals surface area contributed by atoms with Crippen molar-refractivity contribution in [3.05, 3.63) is 18.0 Å². The molecule has 1 aromatic heterocycles. The van der Waals surface area contributed by atoms with Crippen molar-refractivity contribution >= 4 is 0 Å². The molecule has 1 aliphatic carbocycles. The minimum Gasteiger partial charge on any atom is -0.317 e. The molecule has 19 heavy (non-hydrogen) atoms. The van der Waals surface area contributed by atoms with Crippen molar-refractivity contribution in [3.8, 4) is 0 Å². The van der Waals surface area contributed by atoms with E-state index in [4.69, 9.17) is 0 Å². The highest BCUT2D eigenvalue weighted by Crippen LogP contribution is 2.29. The maximum absolute atomic E-state index is 4.24. The quantitative estimate of drug-likeness (QED) is 0.881. The van der Waals surface area contributed by atoms with Gasteiger partial charge in [0.1, 0.15) is 0 Å². The number of hydrogen-bond acceptors (Lipinski definition) is 3. The van der Waals surface area contributed by atoms with Crippen molar-refractivity contribution in [1.29, 1.82) is 0 Å². The van der Waals surface area contributed by atoms with Crippen molar-refractivity contribution in [2.45, 2.75) is 38.8 Å². The summed E-state index contributed by atoms with van der Waals surface area (Å²) in [4.78, 5) is 2.43. The van der Waals surface area contributed by atoms with Crippen LogP contribution in [0.1, 0.15) is 31.7 Å². The number of hydrogen-bond donors (Lipinski definition) is 1. The fourth-order valence-corrected chi connectivity index (χ4v) is 3.41. The number of rotatable bonds is 5. The zero-order valence-corrected chi connectivity index (χ0v) is 12.8. The molecule has 1 fully saturated rings. The minimum absolute atomic E-state index is 0.688. The molecule has 0 saturated heterocycles. The summed E-state index contributed by atoms with van der Waals surface area (Å²) in [6.45, 7) is 4.56. The lowest BCUT2D eigenvalue weighted by Gasteiger charge is -2.37. The van der Waals surface area contributed by atoms with E-state index in [1.54, 1.807) is 0 Å². The third kappa shape index (κ3) is 4.05. The van der Waals surface area contributed by atoms with Crippen molar-refractivity contribution < 1.29 is 0 Å². The zero-order chi connectivity index (χ0) is 13.8. The van der Waals surface area contributed by atoms with Crippen molar-refractivity contribution in [2.24, 2.45) is 18.9 Å².